The van der Waals surface area contributed by atoms with Gasteiger partial charge in [-0.25, -0.2) is 4.59 Å². The first-order valence-corrected chi connectivity index (χ1v) is 13.0. The number of nitrogens with zero attached hydrogens (tertiary/aromatic N) is 3. The Hall–Kier alpha value is -1.06. The van der Waals surface area contributed by atoms with Crippen molar-refractivity contribution in [3.05, 3.63) is 63.1 Å². The first-order valence-electron chi connectivity index (χ1n) is 11.8. The van der Waals surface area contributed by atoms with Gasteiger partial charge in [0.15, 0.2) is 0 Å². The van der Waals surface area contributed by atoms with Gasteiger partial charge in [0.05, 0.1) is 23.8 Å². The average molecular weight is 648 g/mol. The highest BCUT2D eigenvalue weighted by Gasteiger charge is 2.52. The molecule has 0 bridgehead atoms. The Labute approximate surface area is 239 Å². The molecule has 2 aromatic carbocycles. The standard InChI is InChI=1S/C26H29Cl3N4O.HI/c1-26(2)23(25(34)31-33(3)14-17-5-4-6-18(17)15-33)30-32(22-12-11-20(28)13-21(22)29)24(26)16-7-9-19(27)10-8-16;/h7-13,17-18,24H,4-6,14-15H2,1-3H3;1H. The minimum Gasteiger partial charge on any atom is -1.00 e. The second-order valence-corrected chi connectivity index (χ2v) is 12.0. The number of benzene rings is 2. The molecule has 1 saturated heterocycles. The first-order chi connectivity index (χ1) is 16.1. The van der Waals surface area contributed by atoms with Crippen LogP contribution < -0.4 is 34.4 Å². The van der Waals surface area contributed by atoms with E-state index in [-0.39, 0.29) is 35.9 Å². The smallest absolute Gasteiger partial charge is 0.312 e. The van der Waals surface area contributed by atoms with E-state index in [1.165, 1.54) is 19.3 Å². The van der Waals surface area contributed by atoms with Crippen molar-refractivity contribution in [2.45, 2.75) is 39.2 Å². The topological polar surface area (TPSA) is 44.7 Å². The molecule has 2 fully saturated rings. The number of hydrazone groups is 1. The molecule has 3 unspecified atom stereocenters. The second kappa shape index (κ2) is 10.0. The molecule has 1 amide bonds. The van der Waals surface area contributed by atoms with Crippen LogP contribution in [0, 0.1) is 17.3 Å². The van der Waals surface area contributed by atoms with Crippen LogP contribution >= 0.6 is 34.8 Å². The number of hydrogen-bond acceptors (Lipinski definition) is 3. The third-order valence-corrected chi connectivity index (χ3v) is 8.56. The van der Waals surface area contributed by atoms with E-state index < -0.39 is 5.41 Å². The van der Waals surface area contributed by atoms with E-state index in [0.717, 1.165) is 18.7 Å². The Morgan fingerprint density at radius 1 is 1.03 bits per heavy atom. The van der Waals surface area contributed by atoms with Gasteiger partial charge in [-0.15, -0.1) is 0 Å². The van der Waals surface area contributed by atoms with Crippen molar-refractivity contribution in [2.75, 3.05) is 25.1 Å². The zero-order chi connectivity index (χ0) is 24.3. The Kier molecular flexibility index (Phi) is 7.72. The molecule has 3 aliphatic rings. The summed E-state index contributed by atoms with van der Waals surface area (Å²) in [7, 11) is 2.13. The molecule has 1 saturated carbocycles. The molecule has 5 nitrogen and oxygen atoms in total. The van der Waals surface area contributed by atoms with Gasteiger partial charge in [-0.1, -0.05) is 67.2 Å². The summed E-state index contributed by atoms with van der Waals surface area (Å²) < 4.78 is 0.566. The van der Waals surface area contributed by atoms with Crippen molar-refractivity contribution in [1.82, 2.24) is 5.43 Å². The number of likely N-dealkylation sites (tertiary alicyclic amines) is 1. The summed E-state index contributed by atoms with van der Waals surface area (Å²) in [6.07, 6.45) is 3.84. The van der Waals surface area contributed by atoms with Crippen LogP contribution in [-0.2, 0) is 4.79 Å². The number of anilines is 1. The van der Waals surface area contributed by atoms with E-state index in [9.17, 15) is 4.79 Å². The summed E-state index contributed by atoms with van der Waals surface area (Å²) in [5.41, 5.74) is 4.94. The van der Waals surface area contributed by atoms with Gasteiger partial charge in [-0.3, -0.25) is 9.80 Å². The molecule has 3 atom stereocenters. The van der Waals surface area contributed by atoms with Gasteiger partial charge in [-0.2, -0.15) is 10.5 Å². The fourth-order valence-electron chi connectivity index (χ4n) is 6.22. The van der Waals surface area contributed by atoms with Crippen molar-refractivity contribution < 1.29 is 33.4 Å². The molecule has 35 heavy (non-hydrogen) atoms. The maximum Gasteiger partial charge on any atom is 0.312 e. The highest BCUT2D eigenvalue weighted by molar-refractivity contribution is 6.42. The number of fused-ring (bicyclic) bond motifs is 1. The molecule has 5 rings (SSSR count). The van der Waals surface area contributed by atoms with E-state index >= 15 is 0 Å². The number of carbonyl (C=O) groups excluding carboxylic acids is 1. The molecule has 188 valence electrons. The monoisotopic (exact) mass is 646 g/mol. The van der Waals surface area contributed by atoms with Crippen LogP contribution in [0.4, 0.5) is 5.69 Å². The van der Waals surface area contributed by atoms with E-state index in [4.69, 9.17) is 39.9 Å². The quantitative estimate of drug-likeness (QED) is 0.408. The number of nitrogens with one attached hydrogen (secondary N) is 1. The summed E-state index contributed by atoms with van der Waals surface area (Å²) in [5.74, 6) is 1.28. The van der Waals surface area contributed by atoms with Gasteiger partial charge in [0.1, 0.15) is 18.8 Å². The van der Waals surface area contributed by atoms with Gasteiger partial charge >= 0.3 is 5.91 Å². The van der Waals surface area contributed by atoms with Gasteiger partial charge in [-0.05, 0) is 48.7 Å². The molecule has 2 aromatic rings. The number of amides is 1. The predicted octanol–water partition coefficient (Wildman–Crippen LogP) is 3.50. The molecule has 0 radical (unpaired) electrons. The number of quaternary nitrogens is 1. The second-order valence-electron chi connectivity index (χ2n) is 10.7. The highest BCUT2D eigenvalue weighted by atomic mass is 127. The van der Waals surface area contributed by atoms with Crippen molar-refractivity contribution in [2.24, 2.45) is 22.4 Å². The molecule has 1 aliphatic carbocycles. The van der Waals surface area contributed by atoms with Crippen LogP contribution in [0.25, 0.3) is 0 Å². The Balaban J connectivity index is 0.00000289. The molecule has 0 aromatic heterocycles. The maximum atomic E-state index is 13.7. The van der Waals surface area contributed by atoms with Crippen LogP contribution in [0.15, 0.2) is 47.6 Å². The van der Waals surface area contributed by atoms with E-state index in [1.54, 1.807) is 12.1 Å². The van der Waals surface area contributed by atoms with Crippen molar-refractivity contribution in [3.63, 3.8) is 0 Å². The van der Waals surface area contributed by atoms with Crippen LogP contribution in [0.3, 0.4) is 0 Å². The number of halogens is 4. The van der Waals surface area contributed by atoms with Crippen molar-refractivity contribution in [1.29, 1.82) is 0 Å². The van der Waals surface area contributed by atoms with E-state index in [1.807, 2.05) is 35.3 Å². The maximum absolute atomic E-state index is 13.7. The van der Waals surface area contributed by atoms with Gasteiger partial charge in [0, 0.05) is 27.3 Å². The average Bonchev–Trinajstić information content (AvgIpc) is 3.38. The fourth-order valence-corrected chi connectivity index (χ4v) is 6.85. The summed E-state index contributed by atoms with van der Waals surface area (Å²) >= 11 is 18.9. The van der Waals surface area contributed by atoms with Gasteiger partial charge in [0.25, 0.3) is 0 Å². The van der Waals surface area contributed by atoms with E-state index in [2.05, 4.69) is 26.3 Å². The Morgan fingerprint density at radius 2 is 1.63 bits per heavy atom. The number of carbonyl (C=O) groups is 1. The predicted molar refractivity (Wildman–Crippen MR) is 139 cm³/mol. The highest BCUT2D eigenvalue weighted by Crippen LogP contribution is 2.49. The summed E-state index contributed by atoms with van der Waals surface area (Å²) in [4.78, 5) is 13.7. The lowest BCUT2D eigenvalue weighted by atomic mass is 9.77. The lowest BCUT2D eigenvalue weighted by Gasteiger charge is -2.34. The summed E-state index contributed by atoms with van der Waals surface area (Å²) in [6.45, 7) is 6.09. The van der Waals surface area contributed by atoms with Crippen LogP contribution in [0.5, 0.6) is 0 Å². The number of hydrogen-bond donors (Lipinski definition) is 1. The van der Waals surface area contributed by atoms with Gasteiger partial charge in [0.2, 0.25) is 0 Å². The zero-order valence-corrected chi connectivity index (χ0v) is 24.5. The Bertz CT molecular complexity index is 1140. The van der Waals surface area contributed by atoms with E-state index in [0.29, 0.717) is 42.9 Å². The van der Waals surface area contributed by atoms with Crippen LogP contribution in [-0.4, -0.2) is 36.3 Å². The minimum atomic E-state index is -0.588. The Morgan fingerprint density at radius 3 is 2.23 bits per heavy atom. The first kappa shape index (κ1) is 27.0. The molecule has 0 spiro atoms. The summed E-state index contributed by atoms with van der Waals surface area (Å²) in [5, 5.41) is 8.45. The van der Waals surface area contributed by atoms with Gasteiger partial charge < -0.3 is 24.0 Å². The zero-order valence-electron chi connectivity index (χ0n) is 20.1. The molecule has 9 heteroatoms. The summed E-state index contributed by atoms with van der Waals surface area (Å²) in [6, 6.07) is 12.8. The SMILES string of the molecule is CC1(C)C(C(=O)N[N+]2(C)CC3CCCC3C2)=NN(c2ccc(Cl)cc2Cl)C1c1ccc(Cl)cc1.[I-]. The molecule has 2 heterocycles. The fraction of sp³-hybridized carbons (Fsp3) is 0.462. The molecular formula is C26H30Cl3IN4O. The van der Waals surface area contributed by atoms with Crippen molar-refractivity contribution >= 4 is 52.1 Å². The molecular weight excluding hydrogens is 618 g/mol. The van der Waals surface area contributed by atoms with Crippen LogP contribution in [0.2, 0.25) is 15.1 Å². The third kappa shape index (κ3) is 5.06. The van der Waals surface area contributed by atoms with Crippen LogP contribution in [0.1, 0.15) is 44.7 Å². The largest absolute Gasteiger partial charge is 1.00 e. The van der Waals surface area contributed by atoms with Crippen molar-refractivity contribution in [3.8, 4) is 0 Å². The normalized spacial score (nSPS) is 28.9. The number of rotatable bonds is 4. The molecule has 2 aliphatic heterocycles. The lowest BCUT2D eigenvalue weighted by Crippen LogP contribution is -3.00. The molecule has 1 N–H and O–H groups in total. The minimum absolute atomic E-state index is 0. The lowest BCUT2D eigenvalue weighted by molar-refractivity contribution is -0.934. The third-order valence-electron chi connectivity index (χ3n) is 7.77.